The number of anilines is 1. The molecule has 0 N–H and O–H groups in total. The van der Waals surface area contributed by atoms with E-state index in [9.17, 15) is 0 Å². The predicted octanol–water partition coefficient (Wildman–Crippen LogP) is 1.97. The summed E-state index contributed by atoms with van der Waals surface area (Å²) in [5.74, 6) is 1.85. The molecule has 1 saturated heterocycles. The highest BCUT2D eigenvalue weighted by Gasteiger charge is 2.22. The summed E-state index contributed by atoms with van der Waals surface area (Å²) in [6.45, 7) is 14.0. The van der Waals surface area contributed by atoms with Crippen LogP contribution >= 0.6 is 0 Å². The summed E-state index contributed by atoms with van der Waals surface area (Å²) in [4.78, 5) is 9.14. The monoisotopic (exact) mass is 252 g/mol. The van der Waals surface area contributed by atoms with Crippen LogP contribution in [0.25, 0.3) is 0 Å². The quantitative estimate of drug-likeness (QED) is 0.820. The van der Waals surface area contributed by atoms with E-state index in [-0.39, 0.29) is 0 Å². The van der Waals surface area contributed by atoms with E-state index in [1.54, 1.807) is 0 Å². The molecule has 1 aliphatic rings. The molecule has 102 valence electrons. The summed E-state index contributed by atoms with van der Waals surface area (Å²) >= 11 is 0. The summed E-state index contributed by atoms with van der Waals surface area (Å²) in [5.41, 5.74) is 0. The molecule has 18 heavy (non-hydrogen) atoms. The van der Waals surface area contributed by atoms with E-state index in [0.29, 0.717) is 11.9 Å². The number of hydrogen-bond donors (Lipinski definition) is 0. The van der Waals surface area contributed by atoms with E-state index in [1.807, 2.05) is 0 Å². The van der Waals surface area contributed by atoms with E-state index in [0.717, 1.165) is 37.9 Å². The highest BCUT2D eigenvalue weighted by molar-refractivity contribution is 5.26. The van der Waals surface area contributed by atoms with Crippen molar-refractivity contribution in [2.75, 3.05) is 37.6 Å². The summed E-state index contributed by atoms with van der Waals surface area (Å²) in [7, 11) is 0. The van der Waals surface area contributed by atoms with Crippen LogP contribution in [0.15, 0.2) is 4.52 Å². The van der Waals surface area contributed by atoms with Crippen LogP contribution in [0.1, 0.15) is 39.4 Å². The van der Waals surface area contributed by atoms with Crippen LogP contribution in [0.3, 0.4) is 0 Å². The summed E-state index contributed by atoms with van der Waals surface area (Å²) in [6, 6.07) is 0.683. The molecular weight excluding hydrogens is 228 g/mol. The zero-order chi connectivity index (χ0) is 13.1. The van der Waals surface area contributed by atoms with Gasteiger partial charge in [-0.25, -0.2) is 0 Å². The minimum atomic E-state index is 0.324. The van der Waals surface area contributed by atoms with E-state index >= 15 is 0 Å². The third-order valence-corrected chi connectivity index (χ3v) is 3.21. The Morgan fingerprint density at radius 3 is 2.28 bits per heavy atom. The lowest BCUT2D eigenvalue weighted by Gasteiger charge is -2.34. The first-order chi connectivity index (χ1) is 8.56. The number of rotatable bonds is 4. The van der Waals surface area contributed by atoms with Crippen LogP contribution in [0.2, 0.25) is 0 Å². The average Bonchev–Trinajstić information content (AvgIpc) is 2.78. The third-order valence-electron chi connectivity index (χ3n) is 3.21. The highest BCUT2D eigenvalue weighted by atomic mass is 16.5. The Balaban J connectivity index is 1.88. The van der Waals surface area contributed by atoms with Gasteiger partial charge in [0.05, 0.1) is 0 Å². The van der Waals surface area contributed by atoms with Crippen molar-refractivity contribution in [1.82, 2.24) is 15.0 Å². The van der Waals surface area contributed by atoms with Gasteiger partial charge in [-0.1, -0.05) is 32.9 Å². The molecule has 5 heteroatoms. The zero-order valence-electron chi connectivity index (χ0n) is 11.9. The Hall–Kier alpha value is -1.10. The molecule has 1 fully saturated rings. The normalized spacial score (nSPS) is 18.0. The van der Waals surface area contributed by atoms with Crippen molar-refractivity contribution in [3.63, 3.8) is 0 Å². The van der Waals surface area contributed by atoms with Crippen molar-refractivity contribution in [2.24, 2.45) is 5.92 Å². The minimum absolute atomic E-state index is 0.324. The minimum Gasteiger partial charge on any atom is -0.322 e. The van der Waals surface area contributed by atoms with Crippen molar-refractivity contribution in [3.05, 3.63) is 5.82 Å². The van der Waals surface area contributed by atoms with Gasteiger partial charge in [-0.15, -0.1) is 0 Å². The fourth-order valence-corrected chi connectivity index (χ4v) is 2.23. The van der Waals surface area contributed by atoms with Gasteiger partial charge in [0, 0.05) is 38.6 Å². The molecule has 0 spiro atoms. The molecule has 5 nitrogen and oxygen atoms in total. The number of nitrogens with zero attached hydrogens (tertiary/aromatic N) is 4. The first kappa shape index (κ1) is 13.3. The van der Waals surface area contributed by atoms with Crippen molar-refractivity contribution in [2.45, 2.75) is 33.6 Å². The molecule has 0 aromatic carbocycles. The maximum atomic E-state index is 5.33. The Bertz CT molecular complexity index is 367. The van der Waals surface area contributed by atoms with E-state index < -0.39 is 0 Å². The van der Waals surface area contributed by atoms with Gasteiger partial charge in [-0.2, -0.15) is 4.98 Å². The zero-order valence-corrected chi connectivity index (χ0v) is 11.9. The van der Waals surface area contributed by atoms with Crippen LogP contribution in [-0.2, 0) is 0 Å². The predicted molar refractivity (Wildman–Crippen MR) is 71.9 cm³/mol. The lowest BCUT2D eigenvalue weighted by Crippen LogP contribution is -2.47. The second-order valence-electron chi connectivity index (χ2n) is 5.77. The van der Waals surface area contributed by atoms with Crippen LogP contribution < -0.4 is 4.90 Å². The average molecular weight is 252 g/mol. The second kappa shape index (κ2) is 5.69. The van der Waals surface area contributed by atoms with Crippen molar-refractivity contribution < 1.29 is 4.52 Å². The Morgan fingerprint density at radius 2 is 1.78 bits per heavy atom. The molecule has 1 aliphatic heterocycles. The fraction of sp³-hybridized carbons (Fsp3) is 0.846. The van der Waals surface area contributed by atoms with Crippen molar-refractivity contribution >= 4 is 6.01 Å². The molecule has 2 heterocycles. The fourth-order valence-electron chi connectivity index (χ4n) is 2.23. The molecule has 2 rings (SSSR count). The van der Waals surface area contributed by atoms with Crippen LogP contribution in [-0.4, -0.2) is 47.8 Å². The lowest BCUT2D eigenvalue weighted by atomic mass is 10.2. The van der Waals surface area contributed by atoms with E-state index in [2.05, 4.69) is 47.6 Å². The number of piperazine rings is 1. The lowest BCUT2D eigenvalue weighted by molar-refractivity contribution is 0.226. The molecular formula is C13H24N4O. The van der Waals surface area contributed by atoms with Gasteiger partial charge in [-0.05, 0) is 5.92 Å². The van der Waals surface area contributed by atoms with Crippen LogP contribution in [0, 0.1) is 5.92 Å². The highest BCUT2D eigenvalue weighted by Crippen LogP contribution is 2.18. The van der Waals surface area contributed by atoms with Gasteiger partial charge in [-0.3, -0.25) is 4.90 Å². The van der Waals surface area contributed by atoms with Gasteiger partial charge in [0.25, 0.3) is 0 Å². The summed E-state index contributed by atoms with van der Waals surface area (Å²) < 4.78 is 5.33. The molecule has 0 radical (unpaired) electrons. The van der Waals surface area contributed by atoms with Crippen LogP contribution in [0.5, 0.6) is 0 Å². The topological polar surface area (TPSA) is 45.4 Å². The Morgan fingerprint density at radius 1 is 1.11 bits per heavy atom. The molecule has 1 aromatic heterocycles. The standard InChI is InChI=1S/C13H24N4O/c1-10(2)9-16-5-7-17(8-6-16)13-14-12(11(3)4)15-18-13/h10-11H,5-9H2,1-4H3. The first-order valence-corrected chi connectivity index (χ1v) is 6.87. The van der Waals surface area contributed by atoms with E-state index in [4.69, 9.17) is 4.52 Å². The molecule has 0 bridgehead atoms. The van der Waals surface area contributed by atoms with E-state index in [1.165, 1.54) is 6.54 Å². The maximum Gasteiger partial charge on any atom is 0.324 e. The maximum absolute atomic E-state index is 5.33. The van der Waals surface area contributed by atoms with Gasteiger partial charge < -0.3 is 9.42 Å². The summed E-state index contributed by atoms with van der Waals surface area (Å²) in [6.07, 6.45) is 0. The van der Waals surface area contributed by atoms with Gasteiger partial charge in [0.15, 0.2) is 5.82 Å². The Kier molecular flexibility index (Phi) is 4.22. The smallest absolute Gasteiger partial charge is 0.322 e. The second-order valence-corrected chi connectivity index (χ2v) is 5.77. The molecule has 0 unspecified atom stereocenters. The van der Waals surface area contributed by atoms with Gasteiger partial charge in [0.1, 0.15) is 0 Å². The SMILES string of the molecule is CC(C)CN1CCN(c2nc(C(C)C)no2)CC1. The molecule has 0 atom stereocenters. The summed E-state index contributed by atoms with van der Waals surface area (Å²) in [5, 5.41) is 4.02. The molecule has 1 aromatic rings. The number of hydrogen-bond acceptors (Lipinski definition) is 5. The number of aromatic nitrogens is 2. The third kappa shape index (κ3) is 3.22. The van der Waals surface area contributed by atoms with Crippen molar-refractivity contribution in [1.29, 1.82) is 0 Å². The largest absolute Gasteiger partial charge is 0.324 e. The Labute approximate surface area is 109 Å². The van der Waals surface area contributed by atoms with Gasteiger partial charge in [0.2, 0.25) is 0 Å². The van der Waals surface area contributed by atoms with Gasteiger partial charge >= 0.3 is 6.01 Å². The van der Waals surface area contributed by atoms with Crippen LogP contribution in [0.4, 0.5) is 6.01 Å². The van der Waals surface area contributed by atoms with Crippen molar-refractivity contribution in [3.8, 4) is 0 Å². The first-order valence-electron chi connectivity index (χ1n) is 6.87. The molecule has 0 aliphatic carbocycles. The molecule has 0 amide bonds. The molecule has 0 saturated carbocycles.